The number of aromatic nitrogens is 1. The molecule has 0 radical (unpaired) electrons. The molecule has 2 N–H and O–H groups in total. The zero-order chi connectivity index (χ0) is 18.8. The van der Waals surface area contributed by atoms with Crippen molar-refractivity contribution >= 4 is 38.3 Å². The zero-order valence-corrected chi connectivity index (χ0v) is 16.3. The third kappa shape index (κ3) is 4.02. The summed E-state index contributed by atoms with van der Waals surface area (Å²) in [7, 11) is 1.63. The van der Waals surface area contributed by atoms with Gasteiger partial charge in [0.15, 0.2) is 5.13 Å². The number of thiazole rings is 1. The van der Waals surface area contributed by atoms with Gasteiger partial charge in [-0.1, -0.05) is 11.3 Å². The van der Waals surface area contributed by atoms with Crippen LogP contribution in [-0.4, -0.2) is 55.5 Å². The molecule has 1 aliphatic carbocycles. The molecule has 8 heteroatoms. The van der Waals surface area contributed by atoms with Crippen molar-refractivity contribution < 1.29 is 19.4 Å². The van der Waals surface area contributed by atoms with Gasteiger partial charge in [0.2, 0.25) is 5.91 Å². The first-order valence-corrected chi connectivity index (χ1v) is 10.2. The first-order valence-electron chi connectivity index (χ1n) is 9.42. The molecule has 2 heterocycles. The van der Waals surface area contributed by atoms with E-state index in [0.29, 0.717) is 36.9 Å². The molecule has 146 valence electrons. The molecule has 1 amide bonds. The highest BCUT2D eigenvalue weighted by molar-refractivity contribution is 7.23. The van der Waals surface area contributed by atoms with Crippen LogP contribution in [0, 0.1) is 5.92 Å². The summed E-state index contributed by atoms with van der Waals surface area (Å²) >= 11 is 1.48. The molecule has 1 aromatic heterocycles. The van der Waals surface area contributed by atoms with Gasteiger partial charge in [-0.3, -0.25) is 4.79 Å². The standard InChI is InChI=1S/C19H25N3O4S/c1-25-15-5-4-14(22-6-8-26-9-7-22)18-17(15)21-19(27-18)20-16(24)11-12-2-3-13(23)10-12/h4-5,12-13,23H,2-3,6-11H2,1H3,(H,20,21,24)/t12-,13+/m0/s1. The van der Waals surface area contributed by atoms with Gasteiger partial charge >= 0.3 is 0 Å². The lowest BCUT2D eigenvalue weighted by Crippen LogP contribution is -2.36. The summed E-state index contributed by atoms with van der Waals surface area (Å²) in [5.41, 5.74) is 1.88. The Morgan fingerprint density at radius 1 is 1.41 bits per heavy atom. The minimum atomic E-state index is -0.259. The lowest BCUT2D eigenvalue weighted by atomic mass is 10.0. The first-order chi connectivity index (χ1) is 13.1. The van der Waals surface area contributed by atoms with Crippen LogP contribution in [0.2, 0.25) is 0 Å². The summed E-state index contributed by atoms with van der Waals surface area (Å²) in [5, 5.41) is 13.2. The molecule has 2 fully saturated rings. The largest absolute Gasteiger partial charge is 0.494 e. The van der Waals surface area contributed by atoms with Gasteiger partial charge < -0.3 is 24.8 Å². The number of methoxy groups -OCH3 is 1. The van der Waals surface area contributed by atoms with Crippen molar-refractivity contribution in [2.45, 2.75) is 31.8 Å². The second-order valence-corrected chi connectivity index (χ2v) is 8.17. The Morgan fingerprint density at radius 2 is 2.22 bits per heavy atom. The van der Waals surface area contributed by atoms with E-state index < -0.39 is 0 Å². The summed E-state index contributed by atoms with van der Waals surface area (Å²) in [6.45, 7) is 3.10. The van der Waals surface area contributed by atoms with Gasteiger partial charge in [-0.15, -0.1) is 0 Å². The molecule has 0 spiro atoms. The number of fused-ring (bicyclic) bond motifs is 1. The SMILES string of the molecule is COc1ccc(N2CCOCC2)c2sc(NC(=O)C[C@H]3CC[C@@H](O)C3)nc12. The Bertz CT molecular complexity index is 819. The van der Waals surface area contributed by atoms with Crippen LogP contribution in [-0.2, 0) is 9.53 Å². The van der Waals surface area contributed by atoms with Crippen molar-refractivity contribution in [3.05, 3.63) is 12.1 Å². The van der Waals surface area contributed by atoms with E-state index >= 15 is 0 Å². The molecule has 1 saturated heterocycles. The van der Waals surface area contributed by atoms with Crippen LogP contribution >= 0.6 is 11.3 Å². The van der Waals surface area contributed by atoms with Gasteiger partial charge in [0, 0.05) is 19.5 Å². The average Bonchev–Trinajstić information content (AvgIpc) is 3.27. The van der Waals surface area contributed by atoms with E-state index in [1.54, 1.807) is 7.11 Å². The Kier molecular flexibility index (Phi) is 5.47. The molecule has 0 unspecified atom stereocenters. The predicted molar refractivity (Wildman–Crippen MR) is 106 cm³/mol. The van der Waals surface area contributed by atoms with E-state index in [0.717, 1.165) is 41.8 Å². The number of carbonyl (C=O) groups excluding carboxylic acids is 1. The summed E-state index contributed by atoms with van der Waals surface area (Å²) in [5.74, 6) is 0.922. The number of hydrogen-bond acceptors (Lipinski definition) is 7. The molecular formula is C19H25N3O4S. The Balaban J connectivity index is 1.55. The first kappa shape index (κ1) is 18.5. The van der Waals surface area contributed by atoms with Crippen molar-refractivity contribution in [3.63, 3.8) is 0 Å². The Morgan fingerprint density at radius 3 is 2.93 bits per heavy atom. The molecule has 4 rings (SSSR count). The normalized spacial score (nSPS) is 23.0. The third-order valence-corrected chi connectivity index (χ3v) is 6.28. The zero-order valence-electron chi connectivity index (χ0n) is 15.4. The maximum Gasteiger partial charge on any atom is 0.226 e. The second-order valence-electron chi connectivity index (χ2n) is 7.17. The number of morpholine rings is 1. The lowest BCUT2D eigenvalue weighted by Gasteiger charge is -2.29. The molecule has 7 nitrogen and oxygen atoms in total. The summed E-state index contributed by atoms with van der Waals surface area (Å²) in [6, 6.07) is 3.98. The number of benzene rings is 1. The molecule has 0 bridgehead atoms. The lowest BCUT2D eigenvalue weighted by molar-refractivity contribution is -0.117. The molecule has 2 aromatic rings. The molecular weight excluding hydrogens is 366 g/mol. The van der Waals surface area contributed by atoms with E-state index in [1.165, 1.54) is 11.3 Å². The van der Waals surface area contributed by atoms with Crippen LogP contribution in [0.5, 0.6) is 5.75 Å². The van der Waals surface area contributed by atoms with E-state index in [9.17, 15) is 9.90 Å². The number of anilines is 2. The number of hydrogen-bond donors (Lipinski definition) is 2. The van der Waals surface area contributed by atoms with Crippen LogP contribution < -0.4 is 15.0 Å². The highest BCUT2D eigenvalue weighted by Crippen LogP contribution is 2.39. The van der Waals surface area contributed by atoms with Gasteiger partial charge in [-0.05, 0) is 37.3 Å². The summed E-state index contributed by atoms with van der Waals surface area (Å²) in [6.07, 6.45) is 2.58. The number of aliphatic hydroxyl groups is 1. The van der Waals surface area contributed by atoms with Crippen molar-refractivity contribution in [1.29, 1.82) is 0 Å². The number of nitrogens with zero attached hydrogens (tertiary/aromatic N) is 2. The number of carbonyl (C=O) groups is 1. The number of aliphatic hydroxyl groups excluding tert-OH is 1. The van der Waals surface area contributed by atoms with Gasteiger partial charge in [-0.2, -0.15) is 0 Å². The summed E-state index contributed by atoms with van der Waals surface area (Å²) in [4.78, 5) is 19.3. The molecule has 27 heavy (non-hydrogen) atoms. The Labute approximate surface area is 162 Å². The average molecular weight is 391 g/mol. The molecule has 1 aliphatic heterocycles. The minimum absolute atomic E-state index is 0.0416. The van der Waals surface area contributed by atoms with Crippen LogP contribution in [0.4, 0.5) is 10.8 Å². The fourth-order valence-electron chi connectivity index (χ4n) is 3.91. The van der Waals surface area contributed by atoms with Crippen LogP contribution in [0.3, 0.4) is 0 Å². The molecule has 1 aromatic carbocycles. The number of nitrogens with one attached hydrogen (secondary N) is 1. The van der Waals surface area contributed by atoms with Crippen molar-refractivity contribution in [2.24, 2.45) is 5.92 Å². The fourth-order valence-corrected chi connectivity index (χ4v) is 4.95. The van der Waals surface area contributed by atoms with E-state index in [4.69, 9.17) is 9.47 Å². The quantitative estimate of drug-likeness (QED) is 0.815. The van der Waals surface area contributed by atoms with E-state index in [2.05, 4.69) is 21.3 Å². The smallest absolute Gasteiger partial charge is 0.226 e. The highest BCUT2D eigenvalue weighted by atomic mass is 32.1. The van der Waals surface area contributed by atoms with Crippen molar-refractivity contribution in [2.75, 3.05) is 43.6 Å². The second kappa shape index (κ2) is 8.00. The fraction of sp³-hybridized carbons (Fsp3) is 0.579. The van der Waals surface area contributed by atoms with E-state index in [-0.39, 0.29) is 17.9 Å². The maximum absolute atomic E-state index is 12.4. The number of rotatable bonds is 5. The van der Waals surface area contributed by atoms with Crippen LogP contribution in [0.1, 0.15) is 25.7 Å². The highest BCUT2D eigenvalue weighted by Gasteiger charge is 2.25. The third-order valence-electron chi connectivity index (χ3n) is 5.29. The van der Waals surface area contributed by atoms with Crippen molar-refractivity contribution in [3.8, 4) is 5.75 Å². The summed E-state index contributed by atoms with van der Waals surface area (Å²) < 4.78 is 11.9. The topological polar surface area (TPSA) is 83.9 Å². The maximum atomic E-state index is 12.4. The Hall–Kier alpha value is -1.90. The van der Waals surface area contributed by atoms with Crippen LogP contribution in [0.15, 0.2) is 12.1 Å². The number of amides is 1. The monoisotopic (exact) mass is 391 g/mol. The van der Waals surface area contributed by atoms with Crippen LogP contribution in [0.25, 0.3) is 10.2 Å². The molecule has 2 atom stereocenters. The molecule has 1 saturated carbocycles. The predicted octanol–water partition coefficient (Wildman–Crippen LogP) is 2.63. The van der Waals surface area contributed by atoms with Gasteiger partial charge in [0.05, 0.1) is 36.8 Å². The van der Waals surface area contributed by atoms with Gasteiger partial charge in [0.25, 0.3) is 0 Å². The molecule has 2 aliphatic rings. The van der Waals surface area contributed by atoms with E-state index in [1.807, 2.05) is 6.07 Å². The number of ether oxygens (including phenoxy) is 2. The van der Waals surface area contributed by atoms with Gasteiger partial charge in [0.1, 0.15) is 11.3 Å². The minimum Gasteiger partial charge on any atom is -0.494 e. The van der Waals surface area contributed by atoms with Gasteiger partial charge in [-0.25, -0.2) is 4.98 Å². The van der Waals surface area contributed by atoms with Crippen molar-refractivity contribution in [1.82, 2.24) is 4.98 Å².